The van der Waals surface area contributed by atoms with E-state index in [9.17, 15) is 18.3 Å². The average molecular weight is 313 g/mol. The molecule has 8 heteroatoms. The molecular weight excluding hydrogens is 294 g/mol. The number of hydrogen-bond acceptors (Lipinski definition) is 4. The third-order valence-electron chi connectivity index (χ3n) is 4.12. The number of piperidine rings is 1. The first-order valence-corrected chi connectivity index (χ1v) is 8.54. The number of carboxylic acids is 1. The van der Waals surface area contributed by atoms with E-state index >= 15 is 0 Å². The summed E-state index contributed by atoms with van der Waals surface area (Å²) in [5, 5.41) is 9.22. The zero-order valence-electron chi connectivity index (χ0n) is 11.6. The normalized spacial score (nSPS) is 21.6. The van der Waals surface area contributed by atoms with E-state index < -0.39 is 16.0 Å². The summed E-state index contributed by atoms with van der Waals surface area (Å²) in [4.78, 5) is 11.3. The summed E-state index contributed by atoms with van der Waals surface area (Å²) >= 11 is 0. The lowest BCUT2D eigenvalue weighted by Crippen LogP contribution is -2.42. The van der Waals surface area contributed by atoms with Gasteiger partial charge in [-0.1, -0.05) is 0 Å². The lowest BCUT2D eigenvalue weighted by molar-refractivity contribution is 0.0685. The lowest BCUT2D eigenvalue weighted by Gasteiger charge is -2.28. The standard InChI is InChI=1S/C13H19N3O4S/c14-9-3-5-15(6-4-9)21(19,20)11-7-12(13(17)18)16(8-11)10-1-2-10/h7-10H,1-6,14H2,(H,17,18). The Morgan fingerprint density at radius 3 is 2.38 bits per heavy atom. The van der Waals surface area contributed by atoms with Crippen LogP contribution in [-0.2, 0) is 10.0 Å². The molecule has 0 aromatic carbocycles. The fourth-order valence-electron chi connectivity index (χ4n) is 2.69. The highest BCUT2D eigenvalue weighted by molar-refractivity contribution is 7.89. The zero-order chi connectivity index (χ0) is 15.2. The Bertz CT molecular complexity index is 655. The van der Waals surface area contributed by atoms with Crippen molar-refractivity contribution in [1.29, 1.82) is 0 Å². The highest BCUT2D eigenvalue weighted by atomic mass is 32.2. The van der Waals surface area contributed by atoms with E-state index in [0.717, 1.165) is 12.8 Å². The number of aromatic nitrogens is 1. The SMILES string of the molecule is NC1CCN(S(=O)(=O)c2cc(C(=O)O)n(C3CC3)c2)CC1. The molecule has 0 bridgehead atoms. The van der Waals surface area contributed by atoms with E-state index in [1.165, 1.54) is 16.6 Å². The molecule has 0 radical (unpaired) electrons. The van der Waals surface area contributed by atoms with Crippen molar-refractivity contribution in [3.8, 4) is 0 Å². The van der Waals surface area contributed by atoms with Gasteiger partial charge in [-0.15, -0.1) is 0 Å². The molecule has 21 heavy (non-hydrogen) atoms. The van der Waals surface area contributed by atoms with Crippen molar-refractivity contribution in [2.75, 3.05) is 13.1 Å². The minimum atomic E-state index is -3.63. The van der Waals surface area contributed by atoms with Gasteiger partial charge in [0.1, 0.15) is 10.6 Å². The summed E-state index contributed by atoms with van der Waals surface area (Å²) in [7, 11) is -3.63. The van der Waals surface area contributed by atoms with Crippen molar-refractivity contribution in [2.45, 2.75) is 42.7 Å². The topological polar surface area (TPSA) is 106 Å². The van der Waals surface area contributed by atoms with Crippen LogP contribution in [0.25, 0.3) is 0 Å². The third kappa shape index (κ3) is 2.70. The van der Waals surface area contributed by atoms with Gasteiger partial charge in [-0.05, 0) is 31.7 Å². The van der Waals surface area contributed by atoms with Crippen LogP contribution in [0.1, 0.15) is 42.2 Å². The molecule has 1 aliphatic heterocycles. The first kappa shape index (κ1) is 14.6. The summed E-state index contributed by atoms with van der Waals surface area (Å²) < 4.78 is 28.2. The van der Waals surface area contributed by atoms with E-state index in [4.69, 9.17) is 5.73 Å². The van der Waals surface area contributed by atoms with Gasteiger partial charge in [-0.2, -0.15) is 4.31 Å². The Kier molecular flexibility index (Phi) is 3.54. The number of hydrogen-bond donors (Lipinski definition) is 2. The molecule has 0 unspecified atom stereocenters. The number of aromatic carboxylic acids is 1. The molecule has 1 aliphatic carbocycles. The molecule has 1 aromatic rings. The predicted octanol–water partition coefficient (Wildman–Crippen LogP) is 0.633. The van der Waals surface area contributed by atoms with Gasteiger partial charge in [0.2, 0.25) is 10.0 Å². The van der Waals surface area contributed by atoms with Crippen LogP contribution < -0.4 is 5.73 Å². The second-order valence-corrected chi connectivity index (χ2v) is 7.68. The highest BCUT2D eigenvalue weighted by Gasteiger charge is 2.33. The predicted molar refractivity (Wildman–Crippen MR) is 75.6 cm³/mol. The highest BCUT2D eigenvalue weighted by Crippen LogP contribution is 2.37. The maximum absolute atomic E-state index is 12.6. The van der Waals surface area contributed by atoms with Crippen molar-refractivity contribution in [2.24, 2.45) is 5.73 Å². The fourth-order valence-corrected chi connectivity index (χ4v) is 4.18. The average Bonchev–Trinajstić information content (AvgIpc) is 3.17. The van der Waals surface area contributed by atoms with Crippen molar-refractivity contribution < 1.29 is 18.3 Å². The van der Waals surface area contributed by atoms with Crippen molar-refractivity contribution >= 4 is 16.0 Å². The Morgan fingerprint density at radius 2 is 1.86 bits per heavy atom. The maximum atomic E-state index is 12.6. The second-order valence-electron chi connectivity index (χ2n) is 5.75. The van der Waals surface area contributed by atoms with Crippen molar-refractivity contribution in [3.05, 3.63) is 18.0 Å². The van der Waals surface area contributed by atoms with Crippen molar-refractivity contribution in [1.82, 2.24) is 8.87 Å². The van der Waals surface area contributed by atoms with Crippen LogP contribution in [-0.4, -0.2) is 47.5 Å². The summed E-state index contributed by atoms with van der Waals surface area (Å²) in [6, 6.07) is 1.43. The Morgan fingerprint density at radius 1 is 1.24 bits per heavy atom. The molecule has 1 saturated carbocycles. The monoisotopic (exact) mass is 313 g/mol. The van der Waals surface area contributed by atoms with Gasteiger partial charge in [0.25, 0.3) is 0 Å². The van der Waals surface area contributed by atoms with Crippen LogP contribution in [0.2, 0.25) is 0 Å². The van der Waals surface area contributed by atoms with Gasteiger partial charge in [0, 0.05) is 31.4 Å². The van der Waals surface area contributed by atoms with E-state index in [-0.39, 0.29) is 22.7 Å². The molecule has 2 fully saturated rings. The first-order valence-electron chi connectivity index (χ1n) is 7.10. The number of nitrogens with two attached hydrogens (primary N) is 1. The van der Waals surface area contributed by atoms with E-state index in [1.54, 1.807) is 4.57 Å². The molecule has 1 saturated heterocycles. The summed E-state index contributed by atoms with van der Waals surface area (Å²) in [5.74, 6) is -1.09. The lowest BCUT2D eigenvalue weighted by atomic mass is 10.1. The number of carboxylic acid groups (broad SMARTS) is 1. The maximum Gasteiger partial charge on any atom is 0.352 e. The molecular formula is C13H19N3O4S. The van der Waals surface area contributed by atoms with Crippen LogP contribution in [0, 0.1) is 0 Å². The van der Waals surface area contributed by atoms with Gasteiger partial charge >= 0.3 is 5.97 Å². The van der Waals surface area contributed by atoms with Gasteiger partial charge < -0.3 is 15.4 Å². The van der Waals surface area contributed by atoms with Gasteiger partial charge in [-0.3, -0.25) is 0 Å². The quantitative estimate of drug-likeness (QED) is 0.848. The molecule has 0 spiro atoms. The second kappa shape index (κ2) is 5.11. The van der Waals surface area contributed by atoms with Gasteiger partial charge in [0.15, 0.2) is 0 Å². The first-order chi connectivity index (χ1) is 9.89. The zero-order valence-corrected chi connectivity index (χ0v) is 12.4. The number of nitrogens with zero attached hydrogens (tertiary/aromatic N) is 2. The number of sulfonamides is 1. The molecule has 2 heterocycles. The summed E-state index contributed by atoms with van der Waals surface area (Å²) in [6.45, 7) is 0.779. The van der Waals surface area contributed by atoms with Gasteiger partial charge in [-0.25, -0.2) is 13.2 Å². The van der Waals surface area contributed by atoms with Crippen LogP contribution >= 0.6 is 0 Å². The van der Waals surface area contributed by atoms with E-state index in [2.05, 4.69) is 0 Å². The summed E-state index contributed by atoms with van der Waals surface area (Å²) in [5.41, 5.74) is 5.84. The van der Waals surface area contributed by atoms with Crippen LogP contribution in [0.15, 0.2) is 17.2 Å². The number of carbonyl (C=O) groups is 1. The van der Waals surface area contributed by atoms with Crippen LogP contribution in [0.5, 0.6) is 0 Å². The Hall–Kier alpha value is -1.38. The third-order valence-corrected chi connectivity index (χ3v) is 5.98. The molecule has 1 aromatic heterocycles. The fraction of sp³-hybridized carbons (Fsp3) is 0.615. The molecule has 2 aliphatic rings. The van der Waals surface area contributed by atoms with E-state index in [0.29, 0.717) is 25.9 Å². The van der Waals surface area contributed by atoms with Gasteiger partial charge in [0.05, 0.1) is 0 Å². The smallest absolute Gasteiger partial charge is 0.352 e. The van der Waals surface area contributed by atoms with Crippen LogP contribution in [0.4, 0.5) is 0 Å². The molecule has 3 N–H and O–H groups in total. The largest absolute Gasteiger partial charge is 0.477 e. The summed E-state index contributed by atoms with van der Waals surface area (Å²) in [6.07, 6.45) is 4.52. The number of rotatable bonds is 4. The van der Waals surface area contributed by atoms with E-state index in [1.807, 2.05) is 0 Å². The molecule has 7 nitrogen and oxygen atoms in total. The minimum Gasteiger partial charge on any atom is -0.477 e. The Labute approximate surface area is 123 Å². The Balaban J connectivity index is 1.92. The van der Waals surface area contributed by atoms with Crippen LogP contribution in [0.3, 0.4) is 0 Å². The molecule has 116 valence electrons. The molecule has 0 amide bonds. The molecule has 0 atom stereocenters. The minimum absolute atomic E-state index is 0.0436. The van der Waals surface area contributed by atoms with Crippen molar-refractivity contribution in [3.63, 3.8) is 0 Å². The molecule has 3 rings (SSSR count).